The fraction of sp³-hybridized carbons (Fsp3) is 0. The van der Waals surface area contributed by atoms with E-state index >= 15 is 0 Å². The molecule has 3 rings (SSSR count). The standard InChI is InChI=1S/C18H13N3O2/c22-21(23)18-9-6-14(7-10-18)12-19-20-13-15-5-8-16-3-1-2-4-17(16)11-15/h1-13H/b19-12+,20-13+. The summed E-state index contributed by atoms with van der Waals surface area (Å²) in [7, 11) is 0. The Balaban J connectivity index is 1.70. The maximum absolute atomic E-state index is 10.6. The maximum Gasteiger partial charge on any atom is 0.269 e. The first-order chi connectivity index (χ1) is 11.2. The van der Waals surface area contributed by atoms with E-state index in [0.29, 0.717) is 0 Å². The normalized spacial score (nSPS) is 11.5. The quantitative estimate of drug-likeness (QED) is 0.412. The van der Waals surface area contributed by atoms with E-state index in [1.807, 2.05) is 36.4 Å². The third kappa shape index (κ3) is 3.65. The van der Waals surface area contributed by atoms with Crippen LogP contribution in [0.25, 0.3) is 10.8 Å². The highest BCUT2D eigenvalue weighted by molar-refractivity contribution is 5.90. The van der Waals surface area contributed by atoms with Crippen LogP contribution in [0.1, 0.15) is 11.1 Å². The number of rotatable bonds is 4. The van der Waals surface area contributed by atoms with Crippen molar-refractivity contribution in [2.24, 2.45) is 10.2 Å². The number of nitro benzene ring substituents is 1. The number of fused-ring (bicyclic) bond motifs is 1. The maximum atomic E-state index is 10.6. The third-order valence-corrected chi connectivity index (χ3v) is 3.36. The summed E-state index contributed by atoms with van der Waals surface area (Å²) in [4.78, 5) is 10.1. The molecule has 0 aromatic heterocycles. The van der Waals surface area contributed by atoms with Crippen molar-refractivity contribution in [3.63, 3.8) is 0 Å². The molecule has 0 saturated carbocycles. The monoisotopic (exact) mass is 303 g/mol. The molecule has 3 aromatic carbocycles. The summed E-state index contributed by atoms with van der Waals surface area (Å²) >= 11 is 0. The van der Waals surface area contributed by atoms with E-state index in [1.165, 1.54) is 17.5 Å². The van der Waals surface area contributed by atoms with Gasteiger partial charge in [0.25, 0.3) is 5.69 Å². The summed E-state index contributed by atoms with van der Waals surface area (Å²) in [6, 6.07) is 20.3. The van der Waals surface area contributed by atoms with Gasteiger partial charge in [-0.1, -0.05) is 36.4 Å². The second-order valence-corrected chi connectivity index (χ2v) is 4.94. The molecule has 5 nitrogen and oxygen atoms in total. The zero-order valence-electron chi connectivity index (χ0n) is 12.2. The van der Waals surface area contributed by atoms with Crippen molar-refractivity contribution < 1.29 is 4.92 Å². The molecule has 0 heterocycles. The molecule has 0 amide bonds. The van der Waals surface area contributed by atoms with Crippen LogP contribution in [0, 0.1) is 10.1 Å². The fourth-order valence-corrected chi connectivity index (χ4v) is 2.17. The molecule has 0 spiro atoms. The molecule has 0 aliphatic carbocycles. The molecule has 3 aromatic rings. The molecule has 0 aliphatic rings. The van der Waals surface area contributed by atoms with Gasteiger partial charge in [-0.25, -0.2) is 0 Å². The summed E-state index contributed by atoms with van der Waals surface area (Å²) in [5.41, 5.74) is 1.78. The van der Waals surface area contributed by atoms with Crippen LogP contribution < -0.4 is 0 Å². The SMILES string of the molecule is O=[N+]([O-])c1ccc(/C=N/N=C/c2ccc3ccccc3c2)cc1. The Bertz CT molecular complexity index is 900. The van der Waals surface area contributed by atoms with Crippen LogP contribution >= 0.6 is 0 Å². The van der Waals surface area contributed by atoms with Gasteiger partial charge in [0.1, 0.15) is 0 Å². The van der Waals surface area contributed by atoms with Gasteiger partial charge >= 0.3 is 0 Å². The van der Waals surface area contributed by atoms with E-state index in [1.54, 1.807) is 24.6 Å². The van der Waals surface area contributed by atoms with Crippen molar-refractivity contribution in [1.29, 1.82) is 0 Å². The molecule has 0 fully saturated rings. The average molecular weight is 303 g/mol. The highest BCUT2D eigenvalue weighted by Gasteiger charge is 2.02. The van der Waals surface area contributed by atoms with E-state index in [-0.39, 0.29) is 5.69 Å². The zero-order chi connectivity index (χ0) is 16.1. The fourth-order valence-electron chi connectivity index (χ4n) is 2.17. The molecular formula is C18H13N3O2. The Morgan fingerprint density at radius 2 is 1.39 bits per heavy atom. The topological polar surface area (TPSA) is 67.9 Å². The van der Waals surface area contributed by atoms with Gasteiger partial charge in [-0.3, -0.25) is 10.1 Å². The van der Waals surface area contributed by atoms with Gasteiger partial charge in [-0.05, 0) is 40.1 Å². The molecule has 0 aliphatic heterocycles. The Kier molecular flexibility index (Phi) is 4.20. The largest absolute Gasteiger partial charge is 0.269 e. The molecular weight excluding hydrogens is 290 g/mol. The van der Waals surface area contributed by atoms with Crippen LogP contribution in [-0.2, 0) is 0 Å². The lowest BCUT2D eigenvalue weighted by Crippen LogP contribution is -1.88. The first kappa shape index (κ1) is 14.6. The van der Waals surface area contributed by atoms with Crippen molar-refractivity contribution in [2.45, 2.75) is 0 Å². The van der Waals surface area contributed by atoms with Crippen LogP contribution in [0.3, 0.4) is 0 Å². The second-order valence-electron chi connectivity index (χ2n) is 4.94. The summed E-state index contributed by atoms with van der Waals surface area (Å²) in [5.74, 6) is 0. The summed E-state index contributed by atoms with van der Waals surface area (Å²) in [6.45, 7) is 0. The Labute approximate surface area is 132 Å². The third-order valence-electron chi connectivity index (χ3n) is 3.36. The van der Waals surface area contributed by atoms with Gasteiger partial charge in [-0.15, -0.1) is 0 Å². The van der Waals surface area contributed by atoms with E-state index in [9.17, 15) is 10.1 Å². The molecule has 0 radical (unpaired) electrons. The second kappa shape index (κ2) is 6.62. The van der Waals surface area contributed by atoms with E-state index in [0.717, 1.165) is 16.5 Å². The van der Waals surface area contributed by atoms with Gasteiger partial charge in [0.2, 0.25) is 0 Å². The predicted molar refractivity (Wildman–Crippen MR) is 92.2 cm³/mol. The molecule has 0 N–H and O–H groups in total. The lowest BCUT2D eigenvalue weighted by Gasteiger charge is -1.97. The van der Waals surface area contributed by atoms with Crippen molar-refractivity contribution in [3.8, 4) is 0 Å². The molecule has 23 heavy (non-hydrogen) atoms. The van der Waals surface area contributed by atoms with Gasteiger partial charge in [0, 0.05) is 12.1 Å². The first-order valence-corrected chi connectivity index (χ1v) is 7.02. The van der Waals surface area contributed by atoms with Gasteiger partial charge in [0.15, 0.2) is 0 Å². The lowest BCUT2D eigenvalue weighted by atomic mass is 10.1. The molecule has 0 atom stereocenters. The average Bonchev–Trinajstić information content (AvgIpc) is 2.59. The number of non-ortho nitro benzene ring substituents is 1. The van der Waals surface area contributed by atoms with Crippen LogP contribution in [0.5, 0.6) is 0 Å². The molecule has 5 heteroatoms. The van der Waals surface area contributed by atoms with Crippen molar-refractivity contribution in [2.75, 3.05) is 0 Å². The van der Waals surface area contributed by atoms with Gasteiger partial charge < -0.3 is 0 Å². The Morgan fingerprint density at radius 3 is 2.09 bits per heavy atom. The van der Waals surface area contributed by atoms with Crippen molar-refractivity contribution >= 4 is 28.9 Å². The van der Waals surface area contributed by atoms with E-state index in [4.69, 9.17) is 0 Å². The predicted octanol–water partition coefficient (Wildman–Crippen LogP) is 4.20. The van der Waals surface area contributed by atoms with Crippen molar-refractivity contribution in [1.82, 2.24) is 0 Å². The number of nitrogens with zero attached hydrogens (tertiary/aromatic N) is 3. The molecule has 0 bridgehead atoms. The number of benzene rings is 3. The zero-order valence-corrected chi connectivity index (χ0v) is 12.2. The smallest absolute Gasteiger partial charge is 0.258 e. The van der Waals surface area contributed by atoms with Gasteiger partial charge in [-0.2, -0.15) is 10.2 Å². The van der Waals surface area contributed by atoms with Gasteiger partial charge in [0.05, 0.1) is 17.4 Å². The Hall–Kier alpha value is -3.34. The van der Waals surface area contributed by atoms with E-state index < -0.39 is 4.92 Å². The van der Waals surface area contributed by atoms with Crippen LogP contribution in [-0.4, -0.2) is 17.4 Å². The lowest BCUT2D eigenvalue weighted by molar-refractivity contribution is -0.384. The minimum Gasteiger partial charge on any atom is -0.258 e. The molecule has 112 valence electrons. The minimum absolute atomic E-state index is 0.0572. The van der Waals surface area contributed by atoms with Crippen LogP contribution in [0.4, 0.5) is 5.69 Å². The van der Waals surface area contributed by atoms with E-state index in [2.05, 4.69) is 16.3 Å². The Morgan fingerprint density at radius 1 is 0.783 bits per heavy atom. The summed E-state index contributed by atoms with van der Waals surface area (Å²) in [6.07, 6.45) is 3.23. The van der Waals surface area contributed by atoms with Crippen LogP contribution in [0.2, 0.25) is 0 Å². The molecule has 0 unspecified atom stereocenters. The number of hydrogen-bond acceptors (Lipinski definition) is 4. The van der Waals surface area contributed by atoms with Crippen LogP contribution in [0.15, 0.2) is 76.9 Å². The first-order valence-electron chi connectivity index (χ1n) is 7.02. The highest BCUT2D eigenvalue weighted by Crippen LogP contribution is 2.14. The summed E-state index contributed by atoms with van der Waals surface area (Å²) in [5, 5.41) is 20.9. The number of hydrogen-bond donors (Lipinski definition) is 0. The summed E-state index contributed by atoms with van der Waals surface area (Å²) < 4.78 is 0. The molecule has 0 saturated heterocycles. The minimum atomic E-state index is -0.432. The van der Waals surface area contributed by atoms with Crippen molar-refractivity contribution in [3.05, 3.63) is 88.0 Å². The highest BCUT2D eigenvalue weighted by atomic mass is 16.6. The number of nitro groups is 1.